The summed E-state index contributed by atoms with van der Waals surface area (Å²) >= 11 is 0. The smallest absolute Gasteiger partial charge is 0.0217 e. The van der Waals surface area contributed by atoms with Crippen LogP contribution in [0.5, 0.6) is 0 Å². The Kier molecular flexibility index (Phi) is 4.71. The van der Waals surface area contributed by atoms with E-state index in [4.69, 9.17) is 5.73 Å². The van der Waals surface area contributed by atoms with Gasteiger partial charge in [0.2, 0.25) is 0 Å². The zero-order chi connectivity index (χ0) is 8.15. The maximum atomic E-state index is 7.63. The number of hydrogen-bond donors (Lipinski definition) is 0. The maximum absolute atomic E-state index is 7.63. The standard InChI is InChI=1S/C9H20N/c1-7(2)5-9(10)6-8(3)4/h7-10H,5-6H2,1-4H3. The molecule has 0 rings (SSSR count). The second-order valence-corrected chi connectivity index (χ2v) is 3.96. The van der Waals surface area contributed by atoms with E-state index in [1.165, 1.54) is 0 Å². The zero-order valence-corrected chi connectivity index (χ0v) is 7.65. The molecule has 0 spiro atoms. The van der Waals surface area contributed by atoms with Crippen molar-refractivity contribution in [3.05, 3.63) is 0 Å². The Bertz CT molecular complexity index is 66.8. The Morgan fingerprint density at radius 3 is 1.40 bits per heavy atom. The summed E-state index contributed by atoms with van der Waals surface area (Å²) in [5, 5.41) is 0. The van der Waals surface area contributed by atoms with Gasteiger partial charge in [0.05, 0.1) is 0 Å². The van der Waals surface area contributed by atoms with Crippen molar-refractivity contribution in [1.82, 2.24) is 5.73 Å². The third kappa shape index (κ3) is 6.09. The van der Waals surface area contributed by atoms with Crippen molar-refractivity contribution in [1.29, 1.82) is 0 Å². The first-order valence-corrected chi connectivity index (χ1v) is 4.23. The van der Waals surface area contributed by atoms with Gasteiger partial charge < -0.3 is 0 Å². The summed E-state index contributed by atoms with van der Waals surface area (Å²) in [5.74, 6) is 1.36. The van der Waals surface area contributed by atoms with E-state index in [1.807, 2.05) is 0 Å². The van der Waals surface area contributed by atoms with Crippen molar-refractivity contribution in [2.45, 2.75) is 46.6 Å². The van der Waals surface area contributed by atoms with Gasteiger partial charge in [-0.3, -0.25) is 5.73 Å². The summed E-state index contributed by atoms with van der Waals surface area (Å²) < 4.78 is 0. The Labute approximate surface area is 65.0 Å². The Morgan fingerprint density at radius 1 is 0.900 bits per heavy atom. The minimum Gasteiger partial charge on any atom is -0.254 e. The van der Waals surface area contributed by atoms with Crippen molar-refractivity contribution >= 4 is 0 Å². The molecule has 1 radical (unpaired) electrons. The van der Waals surface area contributed by atoms with Crippen LogP contribution in [0.3, 0.4) is 0 Å². The number of rotatable bonds is 4. The minimum absolute atomic E-state index is 0.167. The van der Waals surface area contributed by atoms with Gasteiger partial charge in [-0.15, -0.1) is 0 Å². The summed E-state index contributed by atoms with van der Waals surface area (Å²) in [6.07, 6.45) is 2.11. The molecule has 1 heteroatoms. The second-order valence-electron chi connectivity index (χ2n) is 3.96. The molecular weight excluding hydrogens is 122 g/mol. The molecule has 0 saturated carbocycles. The first kappa shape index (κ1) is 9.96. The highest BCUT2D eigenvalue weighted by molar-refractivity contribution is 4.64. The molecule has 0 unspecified atom stereocenters. The first-order chi connectivity index (χ1) is 4.52. The molecule has 0 aliphatic rings. The molecule has 0 amide bonds. The van der Waals surface area contributed by atoms with E-state index in [-0.39, 0.29) is 6.04 Å². The lowest BCUT2D eigenvalue weighted by molar-refractivity contribution is 0.414. The van der Waals surface area contributed by atoms with Gasteiger partial charge in [-0.25, -0.2) is 0 Å². The summed E-state index contributed by atoms with van der Waals surface area (Å²) in [6.45, 7) is 8.73. The third-order valence-electron chi connectivity index (χ3n) is 1.51. The molecule has 0 aliphatic heterocycles. The van der Waals surface area contributed by atoms with E-state index < -0.39 is 0 Å². The zero-order valence-electron chi connectivity index (χ0n) is 7.65. The van der Waals surface area contributed by atoms with Crippen LogP contribution in [-0.4, -0.2) is 6.04 Å². The van der Waals surface area contributed by atoms with Crippen LogP contribution in [0.25, 0.3) is 0 Å². The van der Waals surface area contributed by atoms with Crippen LogP contribution >= 0.6 is 0 Å². The molecule has 0 atom stereocenters. The van der Waals surface area contributed by atoms with E-state index in [1.54, 1.807) is 0 Å². The normalized spacial score (nSPS) is 12.0. The molecule has 0 fully saturated rings. The van der Waals surface area contributed by atoms with Crippen LogP contribution in [0.15, 0.2) is 0 Å². The van der Waals surface area contributed by atoms with Gasteiger partial charge >= 0.3 is 0 Å². The van der Waals surface area contributed by atoms with Crippen LogP contribution in [-0.2, 0) is 0 Å². The molecule has 0 saturated heterocycles. The topological polar surface area (TPSA) is 23.8 Å². The molecule has 0 aromatic rings. The lowest BCUT2D eigenvalue weighted by atomic mass is 9.97. The highest BCUT2D eigenvalue weighted by atomic mass is 14.6. The number of hydrogen-bond acceptors (Lipinski definition) is 0. The average molecular weight is 142 g/mol. The maximum Gasteiger partial charge on any atom is 0.0217 e. The van der Waals surface area contributed by atoms with E-state index in [2.05, 4.69) is 27.7 Å². The van der Waals surface area contributed by atoms with Crippen molar-refractivity contribution in [2.75, 3.05) is 0 Å². The molecule has 0 heterocycles. The van der Waals surface area contributed by atoms with Gasteiger partial charge in [0.25, 0.3) is 0 Å². The van der Waals surface area contributed by atoms with Crippen LogP contribution < -0.4 is 5.73 Å². The fourth-order valence-corrected chi connectivity index (χ4v) is 1.23. The summed E-state index contributed by atoms with van der Waals surface area (Å²) in [6, 6.07) is 0.167. The van der Waals surface area contributed by atoms with Crippen molar-refractivity contribution in [3.63, 3.8) is 0 Å². The third-order valence-corrected chi connectivity index (χ3v) is 1.51. The predicted octanol–water partition coefficient (Wildman–Crippen LogP) is 2.73. The van der Waals surface area contributed by atoms with Gasteiger partial charge in [-0.2, -0.15) is 0 Å². The van der Waals surface area contributed by atoms with E-state index >= 15 is 0 Å². The fraction of sp³-hybridized carbons (Fsp3) is 1.00. The SMILES string of the molecule is CC(C)CC([NH])CC(C)C. The Hall–Kier alpha value is -0.0400. The van der Waals surface area contributed by atoms with Gasteiger partial charge in [-0.1, -0.05) is 27.7 Å². The lowest BCUT2D eigenvalue weighted by Crippen LogP contribution is -2.14. The van der Waals surface area contributed by atoms with Crippen LogP contribution in [0.4, 0.5) is 0 Å². The van der Waals surface area contributed by atoms with E-state index in [0.29, 0.717) is 11.8 Å². The van der Waals surface area contributed by atoms with Crippen LogP contribution in [0.1, 0.15) is 40.5 Å². The second kappa shape index (κ2) is 4.73. The highest BCUT2D eigenvalue weighted by Gasteiger charge is 2.07. The van der Waals surface area contributed by atoms with Crippen LogP contribution in [0.2, 0.25) is 0 Å². The van der Waals surface area contributed by atoms with E-state index in [9.17, 15) is 0 Å². The molecule has 1 N–H and O–H groups in total. The Balaban J connectivity index is 3.34. The largest absolute Gasteiger partial charge is 0.254 e. The molecule has 0 aromatic heterocycles. The summed E-state index contributed by atoms with van der Waals surface area (Å²) in [7, 11) is 0. The number of nitrogens with one attached hydrogen (secondary N) is 1. The summed E-state index contributed by atoms with van der Waals surface area (Å²) in [4.78, 5) is 0. The quantitative estimate of drug-likeness (QED) is 0.576. The van der Waals surface area contributed by atoms with Crippen molar-refractivity contribution in [2.24, 2.45) is 11.8 Å². The molecule has 0 aliphatic carbocycles. The molecule has 1 nitrogen and oxygen atoms in total. The monoisotopic (exact) mass is 142 g/mol. The molecule has 10 heavy (non-hydrogen) atoms. The van der Waals surface area contributed by atoms with Gasteiger partial charge in [0.1, 0.15) is 0 Å². The molecule has 0 bridgehead atoms. The van der Waals surface area contributed by atoms with Gasteiger partial charge in [0.15, 0.2) is 0 Å². The van der Waals surface area contributed by atoms with Gasteiger partial charge in [-0.05, 0) is 24.7 Å². The highest BCUT2D eigenvalue weighted by Crippen LogP contribution is 2.11. The first-order valence-electron chi connectivity index (χ1n) is 4.23. The Morgan fingerprint density at radius 2 is 1.20 bits per heavy atom. The average Bonchev–Trinajstić information content (AvgIpc) is 1.58. The summed E-state index contributed by atoms with van der Waals surface area (Å²) in [5.41, 5.74) is 7.63. The fourth-order valence-electron chi connectivity index (χ4n) is 1.23. The molecule has 61 valence electrons. The van der Waals surface area contributed by atoms with Gasteiger partial charge in [0, 0.05) is 6.04 Å². The lowest BCUT2D eigenvalue weighted by Gasteiger charge is -2.14. The molecule has 0 aromatic carbocycles. The minimum atomic E-state index is 0.167. The van der Waals surface area contributed by atoms with E-state index in [0.717, 1.165) is 12.8 Å². The molecular formula is C9H20N. The van der Waals surface area contributed by atoms with Crippen LogP contribution in [0, 0.1) is 11.8 Å². The van der Waals surface area contributed by atoms with Crippen molar-refractivity contribution < 1.29 is 0 Å². The predicted molar refractivity (Wildman–Crippen MR) is 45.8 cm³/mol. The van der Waals surface area contributed by atoms with Crippen molar-refractivity contribution in [3.8, 4) is 0 Å².